The van der Waals surface area contributed by atoms with Crippen LogP contribution in [-0.2, 0) is 0 Å². The third-order valence-corrected chi connectivity index (χ3v) is 3.94. The molecule has 0 aliphatic carbocycles. The lowest BCUT2D eigenvalue weighted by molar-refractivity contribution is 0.102. The number of phenolic OH excluding ortho intramolecular Hbond substituents is 1. The van der Waals surface area contributed by atoms with Gasteiger partial charge in [-0.15, -0.1) is 0 Å². The van der Waals surface area contributed by atoms with Gasteiger partial charge in [-0.05, 0) is 81.3 Å². The summed E-state index contributed by atoms with van der Waals surface area (Å²) in [5.41, 5.74) is 1.99. The van der Waals surface area contributed by atoms with Crippen molar-refractivity contribution in [2.75, 3.05) is 5.32 Å². The molecule has 19 heavy (non-hydrogen) atoms. The molecule has 0 spiro atoms. The van der Waals surface area contributed by atoms with Crippen LogP contribution in [0.2, 0.25) is 0 Å². The van der Waals surface area contributed by atoms with Gasteiger partial charge in [0.05, 0.1) is 11.3 Å². The number of phenols is 1. The maximum Gasteiger partial charge on any atom is 0.259 e. The smallest absolute Gasteiger partial charge is 0.259 e. The van der Waals surface area contributed by atoms with E-state index in [1.165, 1.54) is 6.07 Å². The molecule has 0 aliphatic rings. The second-order valence-corrected chi connectivity index (χ2v) is 6.20. The Labute approximate surface area is 133 Å². The molecule has 0 fully saturated rings. The minimum absolute atomic E-state index is 0.0262. The molecule has 1 amide bonds. The molecule has 2 aromatic rings. The Morgan fingerprint density at radius 1 is 1.26 bits per heavy atom. The van der Waals surface area contributed by atoms with Crippen molar-refractivity contribution in [1.82, 2.24) is 0 Å². The van der Waals surface area contributed by atoms with E-state index in [0.29, 0.717) is 5.69 Å². The Morgan fingerprint density at radius 3 is 2.74 bits per heavy atom. The van der Waals surface area contributed by atoms with Crippen molar-refractivity contribution < 1.29 is 9.90 Å². The highest BCUT2D eigenvalue weighted by Crippen LogP contribution is 2.26. The van der Waals surface area contributed by atoms with Crippen LogP contribution < -0.4 is 5.32 Å². The molecule has 2 rings (SSSR count). The van der Waals surface area contributed by atoms with E-state index in [9.17, 15) is 9.90 Å². The van der Waals surface area contributed by atoms with E-state index in [1.807, 2.05) is 25.1 Å². The number of anilines is 1. The second-order valence-electron chi connectivity index (χ2n) is 4.10. The average molecular weight is 432 g/mol. The molecular weight excluding hydrogens is 421 g/mol. The third kappa shape index (κ3) is 3.48. The highest BCUT2D eigenvalue weighted by atomic mass is 127. The quantitative estimate of drug-likeness (QED) is 0.695. The number of aromatic hydroxyl groups is 1. The Hall–Kier alpha value is -1.08. The zero-order valence-electron chi connectivity index (χ0n) is 10.1. The van der Waals surface area contributed by atoms with E-state index in [2.05, 4.69) is 43.8 Å². The van der Waals surface area contributed by atoms with Crippen molar-refractivity contribution >= 4 is 50.1 Å². The molecule has 0 atom stereocenters. The van der Waals surface area contributed by atoms with Crippen molar-refractivity contribution in [3.63, 3.8) is 0 Å². The van der Waals surface area contributed by atoms with Crippen LogP contribution in [0.25, 0.3) is 0 Å². The number of nitrogens with one attached hydrogen (secondary N) is 1. The fraction of sp³-hybridized carbons (Fsp3) is 0.0714. The monoisotopic (exact) mass is 431 g/mol. The van der Waals surface area contributed by atoms with Crippen molar-refractivity contribution in [2.24, 2.45) is 0 Å². The molecule has 3 nitrogen and oxygen atoms in total. The molecule has 0 aromatic heterocycles. The molecular formula is C14H11BrINO2. The number of halogens is 2. The van der Waals surface area contributed by atoms with E-state index in [0.717, 1.165) is 13.6 Å². The normalized spacial score (nSPS) is 10.3. The fourth-order valence-corrected chi connectivity index (χ4v) is 2.45. The second kappa shape index (κ2) is 5.92. The van der Waals surface area contributed by atoms with E-state index in [1.54, 1.807) is 12.1 Å². The van der Waals surface area contributed by atoms with Crippen molar-refractivity contribution in [3.8, 4) is 5.75 Å². The first-order chi connectivity index (χ1) is 8.97. The lowest BCUT2D eigenvalue weighted by Gasteiger charge is -2.09. The zero-order chi connectivity index (χ0) is 14.0. The summed E-state index contributed by atoms with van der Waals surface area (Å²) in [6.07, 6.45) is 0. The van der Waals surface area contributed by atoms with Crippen LogP contribution in [0, 0.1) is 10.5 Å². The molecule has 0 bridgehead atoms. The maximum atomic E-state index is 12.2. The summed E-state index contributed by atoms with van der Waals surface area (Å²) in [5, 5.41) is 12.5. The van der Waals surface area contributed by atoms with Gasteiger partial charge >= 0.3 is 0 Å². The van der Waals surface area contributed by atoms with Crippen LogP contribution in [0.4, 0.5) is 5.69 Å². The lowest BCUT2D eigenvalue weighted by Crippen LogP contribution is -2.12. The number of carbonyl (C=O) groups excluding carboxylic acids is 1. The number of hydrogen-bond donors (Lipinski definition) is 2. The van der Waals surface area contributed by atoms with Gasteiger partial charge in [-0.2, -0.15) is 0 Å². The van der Waals surface area contributed by atoms with E-state index in [-0.39, 0.29) is 17.2 Å². The SMILES string of the molecule is Cc1ccc(Br)c(NC(=O)c2cc(I)ccc2O)c1. The number of rotatable bonds is 2. The molecule has 0 saturated heterocycles. The van der Waals surface area contributed by atoms with Crippen LogP contribution in [-0.4, -0.2) is 11.0 Å². The predicted molar refractivity (Wildman–Crippen MR) is 87.7 cm³/mol. The van der Waals surface area contributed by atoms with Gasteiger partial charge in [-0.1, -0.05) is 6.07 Å². The first-order valence-corrected chi connectivity index (χ1v) is 7.40. The van der Waals surface area contributed by atoms with Crippen LogP contribution in [0.1, 0.15) is 15.9 Å². The van der Waals surface area contributed by atoms with Gasteiger partial charge in [-0.3, -0.25) is 4.79 Å². The number of aryl methyl sites for hydroxylation is 1. The number of amides is 1. The molecule has 5 heteroatoms. The summed E-state index contributed by atoms with van der Waals surface area (Å²) in [7, 11) is 0. The summed E-state index contributed by atoms with van der Waals surface area (Å²) in [5.74, 6) is -0.357. The van der Waals surface area contributed by atoms with Crippen molar-refractivity contribution in [1.29, 1.82) is 0 Å². The first-order valence-electron chi connectivity index (χ1n) is 5.53. The van der Waals surface area contributed by atoms with Crippen LogP contribution in [0.3, 0.4) is 0 Å². The summed E-state index contributed by atoms with van der Waals surface area (Å²) >= 11 is 5.48. The average Bonchev–Trinajstić information content (AvgIpc) is 2.36. The van der Waals surface area contributed by atoms with Crippen LogP contribution >= 0.6 is 38.5 Å². The largest absolute Gasteiger partial charge is 0.507 e. The summed E-state index contributed by atoms with van der Waals surface area (Å²) in [6, 6.07) is 10.6. The molecule has 0 heterocycles. The van der Waals surface area contributed by atoms with Gasteiger partial charge in [0, 0.05) is 8.04 Å². The number of benzene rings is 2. The van der Waals surface area contributed by atoms with Crippen molar-refractivity contribution in [2.45, 2.75) is 6.92 Å². The molecule has 0 radical (unpaired) electrons. The standard InChI is InChI=1S/C14H11BrINO2/c1-8-2-4-11(15)12(6-8)17-14(19)10-7-9(16)3-5-13(10)18/h2-7,18H,1H3,(H,17,19). The summed E-state index contributed by atoms with van der Waals surface area (Å²) in [6.45, 7) is 1.95. The van der Waals surface area contributed by atoms with Gasteiger partial charge in [0.2, 0.25) is 0 Å². The lowest BCUT2D eigenvalue weighted by atomic mass is 10.1. The van der Waals surface area contributed by atoms with Gasteiger partial charge in [-0.25, -0.2) is 0 Å². The van der Waals surface area contributed by atoms with E-state index < -0.39 is 0 Å². The topological polar surface area (TPSA) is 49.3 Å². The molecule has 2 aromatic carbocycles. The zero-order valence-corrected chi connectivity index (χ0v) is 13.8. The van der Waals surface area contributed by atoms with E-state index in [4.69, 9.17) is 0 Å². The highest BCUT2D eigenvalue weighted by Gasteiger charge is 2.13. The first kappa shape index (κ1) is 14.3. The Bertz CT molecular complexity index is 643. The Balaban J connectivity index is 2.30. The molecule has 2 N–H and O–H groups in total. The molecule has 0 saturated carbocycles. The molecule has 0 unspecified atom stereocenters. The maximum absolute atomic E-state index is 12.2. The van der Waals surface area contributed by atoms with Gasteiger partial charge < -0.3 is 10.4 Å². The minimum Gasteiger partial charge on any atom is -0.507 e. The van der Waals surface area contributed by atoms with Gasteiger partial charge in [0.15, 0.2) is 0 Å². The fourth-order valence-electron chi connectivity index (χ4n) is 1.61. The molecule has 98 valence electrons. The minimum atomic E-state index is -0.331. The van der Waals surface area contributed by atoms with Crippen LogP contribution in [0.15, 0.2) is 40.9 Å². The Morgan fingerprint density at radius 2 is 2.00 bits per heavy atom. The summed E-state index contributed by atoms with van der Waals surface area (Å²) < 4.78 is 1.69. The summed E-state index contributed by atoms with van der Waals surface area (Å²) in [4.78, 5) is 12.2. The van der Waals surface area contributed by atoms with Crippen molar-refractivity contribution in [3.05, 3.63) is 55.6 Å². The highest BCUT2D eigenvalue weighted by molar-refractivity contribution is 14.1. The number of hydrogen-bond acceptors (Lipinski definition) is 2. The molecule has 0 aliphatic heterocycles. The predicted octanol–water partition coefficient (Wildman–Crippen LogP) is 4.32. The van der Waals surface area contributed by atoms with Crippen LogP contribution in [0.5, 0.6) is 5.75 Å². The Kier molecular flexibility index (Phi) is 4.46. The van der Waals surface area contributed by atoms with Gasteiger partial charge in [0.1, 0.15) is 5.75 Å². The van der Waals surface area contributed by atoms with Gasteiger partial charge in [0.25, 0.3) is 5.91 Å². The van der Waals surface area contributed by atoms with E-state index >= 15 is 0 Å². The number of carbonyl (C=O) groups is 1. The third-order valence-electron chi connectivity index (χ3n) is 2.57.